The van der Waals surface area contributed by atoms with E-state index >= 15 is 0 Å². The summed E-state index contributed by atoms with van der Waals surface area (Å²) in [4.78, 5) is 5.14. The van der Waals surface area contributed by atoms with Gasteiger partial charge in [-0.1, -0.05) is 48.5 Å². The largest absolute Gasteiger partial charge is 0.508 e. The molecule has 37 heavy (non-hydrogen) atoms. The molecule has 2 aliphatic heterocycles. The molecule has 4 nitrogen and oxygen atoms in total. The fraction of sp³-hybridized carbons (Fsp3) is 0.355. The minimum atomic E-state index is 0. The van der Waals surface area contributed by atoms with Gasteiger partial charge in [0.2, 0.25) is 0 Å². The zero-order valence-electron chi connectivity index (χ0n) is 21.3. The van der Waals surface area contributed by atoms with Crippen molar-refractivity contribution in [2.45, 2.75) is 32.1 Å². The van der Waals surface area contributed by atoms with Gasteiger partial charge in [0, 0.05) is 31.9 Å². The fourth-order valence-corrected chi connectivity index (χ4v) is 5.58. The Kier molecular flexibility index (Phi) is 10.9. The highest BCUT2D eigenvalue weighted by molar-refractivity contribution is 5.99. The van der Waals surface area contributed by atoms with Crippen molar-refractivity contribution in [2.24, 2.45) is 0 Å². The zero-order chi connectivity index (χ0) is 24.0. The second kappa shape index (κ2) is 13.9. The molecular weight excluding hydrogens is 503 g/mol. The summed E-state index contributed by atoms with van der Waals surface area (Å²) < 4.78 is 0. The summed E-state index contributed by atoms with van der Waals surface area (Å²) in [7, 11) is 0. The van der Waals surface area contributed by atoms with E-state index in [9.17, 15) is 10.2 Å². The van der Waals surface area contributed by atoms with E-state index in [2.05, 4.69) is 52.3 Å². The Hall–Kier alpha value is -2.50. The Labute approximate surface area is 233 Å². The molecule has 0 atom stereocenters. The first kappa shape index (κ1) is 29.1. The third kappa shape index (κ3) is 6.88. The summed E-state index contributed by atoms with van der Waals surface area (Å²) in [5, 5.41) is 19.6. The molecule has 0 saturated carbocycles. The topological polar surface area (TPSA) is 46.9 Å². The van der Waals surface area contributed by atoms with E-state index in [-0.39, 0.29) is 37.2 Å². The van der Waals surface area contributed by atoms with Gasteiger partial charge in [0.05, 0.1) is 0 Å². The number of likely N-dealkylation sites (tertiary alicyclic amines) is 1. The summed E-state index contributed by atoms with van der Waals surface area (Å²) in [5.41, 5.74) is 8.66. The van der Waals surface area contributed by atoms with Gasteiger partial charge >= 0.3 is 0 Å². The summed E-state index contributed by atoms with van der Waals surface area (Å²) in [6, 6.07) is 25.0. The summed E-state index contributed by atoms with van der Waals surface area (Å²) in [5.74, 6) is 0.271. The maximum atomic E-state index is 9.93. The number of allylic oxidation sites excluding steroid dienone is 1. The normalized spacial score (nSPS) is 15.5. The number of phenols is 1. The van der Waals surface area contributed by atoms with Gasteiger partial charge in [-0.25, -0.2) is 0 Å². The molecule has 1 saturated heterocycles. The van der Waals surface area contributed by atoms with Crippen LogP contribution in [-0.2, 0) is 6.42 Å². The summed E-state index contributed by atoms with van der Waals surface area (Å²) in [6.45, 7) is 5.99. The van der Waals surface area contributed by atoms with E-state index in [1.165, 1.54) is 59.5 Å². The van der Waals surface area contributed by atoms with Crippen molar-refractivity contribution in [3.8, 4) is 5.75 Å². The minimum Gasteiger partial charge on any atom is -0.508 e. The van der Waals surface area contributed by atoms with Gasteiger partial charge in [0.15, 0.2) is 0 Å². The van der Waals surface area contributed by atoms with Gasteiger partial charge in [0.1, 0.15) is 5.75 Å². The number of phenolic OH excluding ortho intramolecular Hbond substituents is 1. The number of benzene rings is 3. The van der Waals surface area contributed by atoms with E-state index in [0.29, 0.717) is 6.42 Å². The lowest BCUT2D eigenvalue weighted by atomic mass is 9.86. The number of fused-ring (bicyclic) bond motifs is 1. The van der Waals surface area contributed by atoms with Crippen LogP contribution in [0.3, 0.4) is 0 Å². The monoisotopic (exact) mass is 540 g/mol. The van der Waals surface area contributed by atoms with Crippen LogP contribution < -0.4 is 4.90 Å². The highest BCUT2D eigenvalue weighted by atomic mass is 35.5. The smallest absolute Gasteiger partial charge is 0.115 e. The number of hydrogen-bond acceptors (Lipinski definition) is 4. The van der Waals surface area contributed by atoms with Crippen molar-refractivity contribution in [2.75, 3.05) is 44.2 Å². The molecule has 1 fully saturated rings. The number of nitrogens with zero attached hydrogens (tertiary/aromatic N) is 2. The van der Waals surface area contributed by atoms with Crippen molar-refractivity contribution in [3.05, 3.63) is 95.1 Å². The predicted octanol–water partition coefficient (Wildman–Crippen LogP) is 6.43. The predicted molar refractivity (Wildman–Crippen MR) is 159 cm³/mol. The van der Waals surface area contributed by atoms with Crippen LogP contribution in [0.4, 0.5) is 5.69 Å². The summed E-state index contributed by atoms with van der Waals surface area (Å²) in [6.07, 6.45) is 5.25. The van der Waals surface area contributed by atoms with Crippen molar-refractivity contribution >= 4 is 41.6 Å². The van der Waals surface area contributed by atoms with Gasteiger partial charge < -0.3 is 20.0 Å². The van der Waals surface area contributed by atoms with Crippen LogP contribution in [0.25, 0.3) is 11.1 Å². The molecule has 2 heterocycles. The Morgan fingerprint density at radius 3 is 2.16 bits per heavy atom. The first-order valence-corrected chi connectivity index (χ1v) is 13.0. The highest BCUT2D eigenvalue weighted by Crippen LogP contribution is 2.38. The van der Waals surface area contributed by atoms with Crippen molar-refractivity contribution in [1.82, 2.24) is 4.90 Å². The third-order valence-electron chi connectivity index (χ3n) is 7.41. The van der Waals surface area contributed by atoms with Crippen LogP contribution >= 0.6 is 24.8 Å². The average molecular weight is 542 g/mol. The number of anilines is 1. The third-order valence-corrected chi connectivity index (χ3v) is 7.41. The summed E-state index contributed by atoms with van der Waals surface area (Å²) >= 11 is 0. The maximum absolute atomic E-state index is 9.93. The Morgan fingerprint density at radius 2 is 1.46 bits per heavy atom. The second-order valence-corrected chi connectivity index (χ2v) is 9.72. The number of hydrogen-bond donors (Lipinski definition) is 2. The first-order chi connectivity index (χ1) is 17.2. The Morgan fingerprint density at radius 1 is 0.757 bits per heavy atom. The standard InChI is InChI=1S/C31H36N2O2.2ClH/c34-22-6-9-29(24-7-2-1-3-8-24)31(25-10-13-28(35)14-11-25)27-12-15-30-26(23-27)16-19-33(30)21-20-32-17-4-5-18-32;;/h1-3,7-8,10-15,23,34-35H,4-6,9,16-22H2;2*1H/b31-29-;;. The molecule has 5 rings (SSSR count). The number of halogens is 2. The number of aromatic hydroxyl groups is 1. The maximum Gasteiger partial charge on any atom is 0.115 e. The molecule has 0 bridgehead atoms. The molecule has 0 aliphatic carbocycles. The SMILES string of the molecule is Cl.Cl.OCCC/C(=C(\c1ccc(O)cc1)c1ccc2c(c1)CCN2CCN1CCCC1)c1ccccc1. The fourth-order valence-electron chi connectivity index (χ4n) is 5.58. The van der Waals surface area contributed by atoms with Gasteiger partial charge in [0.25, 0.3) is 0 Å². The van der Waals surface area contributed by atoms with Gasteiger partial charge in [-0.15, -0.1) is 24.8 Å². The lowest BCUT2D eigenvalue weighted by Gasteiger charge is -2.24. The van der Waals surface area contributed by atoms with Crippen molar-refractivity contribution in [1.29, 1.82) is 0 Å². The van der Waals surface area contributed by atoms with Crippen LogP contribution in [0.1, 0.15) is 47.9 Å². The van der Waals surface area contributed by atoms with Gasteiger partial charge in [-0.05, 0) is 103 Å². The lowest BCUT2D eigenvalue weighted by molar-refractivity contribution is 0.290. The van der Waals surface area contributed by atoms with Crippen molar-refractivity contribution < 1.29 is 10.2 Å². The molecule has 2 N–H and O–H groups in total. The number of aliphatic hydroxyl groups is 1. The number of rotatable bonds is 9. The first-order valence-electron chi connectivity index (χ1n) is 13.0. The Bertz CT molecular complexity index is 1160. The minimum absolute atomic E-state index is 0. The van der Waals surface area contributed by atoms with Crippen LogP contribution in [0.2, 0.25) is 0 Å². The molecule has 2 aliphatic rings. The molecule has 0 radical (unpaired) electrons. The average Bonchev–Trinajstić information content (AvgIpc) is 3.56. The Balaban J connectivity index is 0.00000190. The molecule has 0 amide bonds. The molecule has 3 aromatic rings. The molecule has 198 valence electrons. The molecule has 3 aromatic carbocycles. The van der Waals surface area contributed by atoms with Crippen LogP contribution in [-0.4, -0.2) is 54.4 Å². The van der Waals surface area contributed by atoms with E-state index in [0.717, 1.165) is 38.0 Å². The second-order valence-electron chi connectivity index (χ2n) is 9.72. The van der Waals surface area contributed by atoms with E-state index < -0.39 is 0 Å². The van der Waals surface area contributed by atoms with Gasteiger partial charge in [-0.2, -0.15) is 0 Å². The van der Waals surface area contributed by atoms with E-state index in [1.54, 1.807) is 12.1 Å². The molecule has 0 spiro atoms. The molecule has 0 aromatic heterocycles. The van der Waals surface area contributed by atoms with Crippen LogP contribution in [0.15, 0.2) is 72.8 Å². The van der Waals surface area contributed by atoms with Crippen LogP contribution in [0.5, 0.6) is 5.75 Å². The molecule has 6 heteroatoms. The van der Waals surface area contributed by atoms with Crippen molar-refractivity contribution in [3.63, 3.8) is 0 Å². The van der Waals surface area contributed by atoms with Crippen LogP contribution in [0, 0.1) is 0 Å². The van der Waals surface area contributed by atoms with Gasteiger partial charge in [-0.3, -0.25) is 0 Å². The quantitative estimate of drug-likeness (QED) is 0.307. The highest BCUT2D eigenvalue weighted by Gasteiger charge is 2.22. The number of aliphatic hydroxyl groups excluding tert-OH is 1. The van der Waals surface area contributed by atoms with E-state index in [4.69, 9.17) is 0 Å². The van der Waals surface area contributed by atoms with E-state index in [1.807, 2.05) is 18.2 Å². The molecule has 0 unspecified atom stereocenters. The zero-order valence-corrected chi connectivity index (χ0v) is 22.9. The lowest BCUT2D eigenvalue weighted by Crippen LogP contribution is -2.32. The molecular formula is C31H38Cl2N2O2.